The molecule has 1 amide bonds. The van der Waals surface area contributed by atoms with Gasteiger partial charge < -0.3 is 5.32 Å². The molecule has 0 bridgehead atoms. The van der Waals surface area contributed by atoms with Gasteiger partial charge in [-0.3, -0.25) is 20.5 Å². The minimum atomic E-state index is -0.118. The number of carbonyl (C=O) groups excluding carboxylic acids is 1. The van der Waals surface area contributed by atoms with Gasteiger partial charge in [-0.05, 0) is 12.5 Å². The van der Waals surface area contributed by atoms with E-state index >= 15 is 0 Å². The molecule has 0 saturated heterocycles. The van der Waals surface area contributed by atoms with Crippen molar-refractivity contribution in [3.8, 4) is 12.3 Å². The zero-order valence-corrected chi connectivity index (χ0v) is 8.73. The van der Waals surface area contributed by atoms with E-state index in [1.54, 1.807) is 6.07 Å². The van der Waals surface area contributed by atoms with E-state index in [0.717, 1.165) is 0 Å². The van der Waals surface area contributed by atoms with Gasteiger partial charge in [0, 0.05) is 12.8 Å². The first-order valence-corrected chi connectivity index (χ1v) is 4.84. The summed E-state index contributed by atoms with van der Waals surface area (Å²) in [5.41, 5.74) is 2.90. The molecular weight excluding hydrogens is 206 g/mol. The molecule has 0 aliphatic rings. The van der Waals surface area contributed by atoms with E-state index in [9.17, 15) is 4.79 Å². The van der Waals surface area contributed by atoms with E-state index < -0.39 is 0 Å². The Hall–Kier alpha value is -2.06. The van der Waals surface area contributed by atoms with Gasteiger partial charge in [-0.25, -0.2) is 0 Å². The number of pyridine rings is 1. The summed E-state index contributed by atoms with van der Waals surface area (Å²) in [6.45, 7) is 0. The molecule has 0 saturated carbocycles. The molecule has 1 aromatic heterocycles. The smallest absolute Gasteiger partial charge is 0.224 e. The fraction of sp³-hybridized carbons (Fsp3) is 0.273. The molecule has 0 aliphatic heterocycles. The molecule has 0 fully saturated rings. The quantitative estimate of drug-likeness (QED) is 0.399. The van der Waals surface area contributed by atoms with Crippen molar-refractivity contribution < 1.29 is 10.0 Å². The molecule has 1 aromatic rings. The minimum absolute atomic E-state index is 0.118. The molecule has 3 N–H and O–H groups in total. The highest BCUT2D eigenvalue weighted by molar-refractivity contribution is 5.90. The summed E-state index contributed by atoms with van der Waals surface area (Å²) in [7, 11) is 0. The standard InChI is InChI=1S/C11H13N3O2/c1-2-3-4-5-11(15)13-9-6-10(14-16)8-12-7-9/h1,6-8,14,16H,3-5H2,(H,13,15). The molecule has 0 aliphatic carbocycles. The molecule has 0 atom stereocenters. The third-order valence-corrected chi connectivity index (χ3v) is 1.88. The average Bonchev–Trinajstić information content (AvgIpc) is 2.29. The van der Waals surface area contributed by atoms with Crippen molar-refractivity contribution in [2.45, 2.75) is 19.3 Å². The fourth-order valence-corrected chi connectivity index (χ4v) is 1.14. The van der Waals surface area contributed by atoms with Crippen LogP contribution in [0.1, 0.15) is 19.3 Å². The van der Waals surface area contributed by atoms with Gasteiger partial charge in [0.2, 0.25) is 5.91 Å². The van der Waals surface area contributed by atoms with E-state index in [1.807, 2.05) is 5.48 Å². The van der Waals surface area contributed by atoms with Crippen LogP contribution in [0.3, 0.4) is 0 Å². The number of hydrogen-bond acceptors (Lipinski definition) is 4. The zero-order valence-electron chi connectivity index (χ0n) is 8.73. The molecule has 0 radical (unpaired) electrons. The number of hydrogen-bond donors (Lipinski definition) is 3. The lowest BCUT2D eigenvalue weighted by Crippen LogP contribution is -2.11. The van der Waals surface area contributed by atoms with Gasteiger partial charge in [-0.1, -0.05) is 0 Å². The van der Waals surface area contributed by atoms with Crippen molar-refractivity contribution in [1.29, 1.82) is 0 Å². The maximum absolute atomic E-state index is 11.4. The number of carbonyl (C=O) groups is 1. The monoisotopic (exact) mass is 219 g/mol. The highest BCUT2D eigenvalue weighted by Gasteiger charge is 2.02. The Labute approximate surface area is 93.8 Å². The summed E-state index contributed by atoms with van der Waals surface area (Å²) in [6.07, 6.45) is 9.64. The molecule has 0 spiro atoms. The topological polar surface area (TPSA) is 74.2 Å². The summed E-state index contributed by atoms with van der Waals surface area (Å²) in [5.74, 6) is 2.35. The summed E-state index contributed by atoms with van der Waals surface area (Å²) in [6, 6.07) is 1.58. The predicted octanol–water partition coefficient (Wildman–Crippen LogP) is 1.62. The highest BCUT2D eigenvalue weighted by atomic mass is 16.5. The van der Waals surface area contributed by atoms with Crippen molar-refractivity contribution in [2.24, 2.45) is 0 Å². The molecule has 5 nitrogen and oxygen atoms in total. The lowest BCUT2D eigenvalue weighted by atomic mass is 10.2. The number of amides is 1. The number of unbranched alkanes of at least 4 members (excludes halogenated alkanes) is 1. The molecule has 5 heteroatoms. The van der Waals surface area contributed by atoms with E-state index in [2.05, 4.69) is 16.2 Å². The van der Waals surface area contributed by atoms with Crippen LogP contribution in [0.25, 0.3) is 0 Å². The molecule has 1 rings (SSSR count). The van der Waals surface area contributed by atoms with Gasteiger partial charge in [0.25, 0.3) is 0 Å². The third kappa shape index (κ3) is 3.98. The number of anilines is 2. The first-order valence-electron chi connectivity index (χ1n) is 4.84. The van der Waals surface area contributed by atoms with Crippen molar-refractivity contribution >= 4 is 17.3 Å². The molecule has 1 heterocycles. The summed E-state index contributed by atoms with van der Waals surface area (Å²) in [5, 5.41) is 11.3. The van der Waals surface area contributed by atoms with Crippen LogP contribution in [-0.4, -0.2) is 16.1 Å². The van der Waals surface area contributed by atoms with Gasteiger partial charge in [-0.15, -0.1) is 12.3 Å². The first-order chi connectivity index (χ1) is 7.76. The first kappa shape index (κ1) is 12.0. The lowest BCUT2D eigenvalue weighted by Gasteiger charge is -2.05. The van der Waals surface area contributed by atoms with Crippen LogP contribution in [0.15, 0.2) is 18.5 Å². The Morgan fingerprint density at radius 2 is 2.25 bits per heavy atom. The minimum Gasteiger partial charge on any atom is -0.325 e. The number of rotatable bonds is 5. The SMILES string of the molecule is C#CCCCC(=O)Nc1cncc(NO)c1. The second-order valence-electron chi connectivity index (χ2n) is 3.18. The van der Waals surface area contributed by atoms with Crippen LogP contribution in [0.2, 0.25) is 0 Å². The Balaban J connectivity index is 2.46. The van der Waals surface area contributed by atoms with Crippen molar-refractivity contribution in [1.82, 2.24) is 4.98 Å². The summed E-state index contributed by atoms with van der Waals surface area (Å²) < 4.78 is 0. The van der Waals surface area contributed by atoms with Crippen LogP contribution in [-0.2, 0) is 4.79 Å². The second kappa shape index (κ2) is 6.43. The van der Waals surface area contributed by atoms with Gasteiger partial charge in [0.05, 0.1) is 23.8 Å². The van der Waals surface area contributed by atoms with Crippen LogP contribution < -0.4 is 10.8 Å². The van der Waals surface area contributed by atoms with E-state index in [0.29, 0.717) is 30.6 Å². The van der Waals surface area contributed by atoms with Gasteiger partial charge in [0.1, 0.15) is 0 Å². The average molecular weight is 219 g/mol. The fourth-order valence-electron chi connectivity index (χ4n) is 1.14. The molecular formula is C11H13N3O2. The van der Waals surface area contributed by atoms with Crippen molar-refractivity contribution in [3.63, 3.8) is 0 Å². The largest absolute Gasteiger partial charge is 0.325 e. The maximum atomic E-state index is 11.4. The normalized spacial score (nSPS) is 9.25. The molecule has 0 aromatic carbocycles. The van der Waals surface area contributed by atoms with Crippen LogP contribution in [0, 0.1) is 12.3 Å². The molecule has 0 unspecified atom stereocenters. The number of nitrogens with one attached hydrogen (secondary N) is 2. The Bertz CT molecular complexity index is 398. The highest BCUT2D eigenvalue weighted by Crippen LogP contribution is 2.12. The molecule has 84 valence electrons. The lowest BCUT2D eigenvalue weighted by molar-refractivity contribution is -0.116. The Morgan fingerprint density at radius 1 is 1.50 bits per heavy atom. The predicted molar refractivity (Wildman–Crippen MR) is 61.0 cm³/mol. The molecule has 16 heavy (non-hydrogen) atoms. The number of nitrogens with zero attached hydrogens (tertiary/aromatic N) is 1. The zero-order chi connectivity index (χ0) is 11.8. The third-order valence-electron chi connectivity index (χ3n) is 1.88. The van der Waals surface area contributed by atoms with Crippen molar-refractivity contribution in [3.05, 3.63) is 18.5 Å². The van der Waals surface area contributed by atoms with E-state index in [4.69, 9.17) is 11.6 Å². The summed E-state index contributed by atoms with van der Waals surface area (Å²) in [4.78, 5) is 15.2. The Kier molecular flexibility index (Phi) is 4.83. The van der Waals surface area contributed by atoms with Crippen molar-refractivity contribution in [2.75, 3.05) is 10.8 Å². The summed E-state index contributed by atoms with van der Waals surface area (Å²) >= 11 is 0. The number of aromatic nitrogens is 1. The van der Waals surface area contributed by atoms with E-state index in [-0.39, 0.29) is 5.91 Å². The van der Waals surface area contributed by atoms with Crippen LogP contribution >= 0.6 is 0 Å². The van der Waals surface area contributed by atoms with E-state index in [1.165, 1.54) is 12.4 Å². The second-order valence-corrected chi connectivity index (χ2v) is 3.18. The Morgan fingerprint density at radius 3 is 2.94 bits per heavy atom. The van der Waals surface area contributed by atoms with Crippen LogP contribution in [0.5, 0.6) is 0 Å². The maximum Gasteiger partial charge on any atom is 0.224 e. The number of terminal acetylenes is 1. The van der Waals surface area contributed by atoms with Gasteiger partial charge in [-0.2, -0.15) is 0 Å². The van der Waals surface area contributed by atoms with Gasteiger partial charge >= 0.3 is 0 Å². The van der Waals surface area contributed by atoms with Gasteiger partial charge in [0.15, 0.2) is 0 Å². The van der Waals surface area contributed by atoms with Crippen LogP contribution in [0.4, 0.5) is 11.4 Å².